The average Bonchev–Trinajstić information content (AvgIpc) is 3.36. The summed E-state index contributed by atoms with van der Waals surface area (Å²) in [5, 5.41) is 54.3. The van der Waals surface area contributed by atoms with E-state index in [0.717, 1.165) is 51.4 Å². The summed E-state index contributed by atoms with van der Waals surface area (Å²) in [4.78, 5) is 13.0. The lowest BCUT2D eigenvalue weighted by molar-refractivity contribution is -0.302. The molecule has 0 saturated carbocycles. The molecule has 9 nitrogen and oxygen atoms in total. The van der Waals surface area contributed by atoms with Gasteiger partial charge in [-0.15, -0.1) is 0 Å². The van der Waals surface area contributed by atoms with Crippen molar-refractivity contribution in [2.24, 2.45) is 0 Å². The summed E-state index contributed by atoms with van der Waals surface area (Å²) in [7, 11) is 0. The smallest absolute Gasteiger partial charge is 0.220 e. The first-order valence-corrected chi connectivity index (χ1v) is 29.9. The second-order valence-corrected chi connectivity index (χ2v) is 20.8. The molecule has 1 aliphatic heterocycles. The molecule has 1 fully saturated rings. The van der Waals surface area contributed by atoms with Crippen LogP contribution < -0.4 is 5.32 Å². The highest BCUT2D eigenvalue weighted by atomic mass is 16.7. The van der Waals surface area contributed by atoms with Crippen LogP contribution >= 0.6 is 0 Å². The summed E-state index contributed by atoms with van der Waals surface area (Å²) in [5.74, 6) is -0.190. The van der Waals surface area contributed by atoms with Crippen LogP contribution in [0.15, 0.2) is 48.6 Å². The molecule has 1 heterocycles. The Balaban J connectivity index is 2.08. The Labute approximate surface area is 431 Å². The van der Waals surface area contributed by atoms with E-state index >= 15 is 0 Å². The SMILES string of the molecule is CCCC/C=C/CC/C=C/CC/C=C/C(O)C(COC1OC(CO)C(O)C(O)C1O)NC(=O)CCCCCCCCCCCCCCCCCCC/C=C\CCCCCCCCCCCCCCCC. The molecule has 0 bridgehead atoms. The third-order valence-electron chi connectivity index (χ3n) is 14.1. The number of carbonyl (C=O) groups is 1. The number of hydrogen-bond donors (Lipinski definition) is 6. The fourth-order valence-electron chi connectivity index (χ4n) is 9.35. The lowest BCUT2D eigenvalue weighted by Gasteiger charge is -2.40. The zero-order valence-corrected chi connectivity index (χ0v) is 45.5. The average molecular weight is 989 g/mol. The van der Waals surface area contributed by atoms with Gasteiger partial charge in [0, 0.05) is 6.42 Å². The van der Waals surface area contributed by atoms with Gasteiger partial charge in [-0.1, -0.05) is 255 Å². The number of amides is 1. The third kappa shape index (κ3) is 39.7. The summed E-state index contributed by atoms with van der Waals surface area (Å²) in [6, 6.07) is -0.827. The predicted octanol–water partition coefficient (Wildman–Crippen LogP) is 14.9. The highest BCUT2D eigenvalue weighted by Crippen LogP contribution is 2.23. The Morgan fingerprint density at radius 1 is 0.471 bits per heavy atom. The molecule has 1 rings (SSSR count). The van der Waals surface area contributed by atoms with E-state index in [2.05, 4.69) is 55.6 Å². The van der Waals surface area contributed by atoms with E-state index in [9.17, 15) is 30.3 Å². The van der Waals surface area contributed by atoms with Crippen LogP contribution in [0.5, 0.6) is 0 Å². The molecular weight excluding hydrogens is 875 g/mol. The molecule has 410 valence electrons. The molecule has 0 aliphatic carbocycles. The molecule has 0 radical (unpaired) electrons. The molecule has 1 aliphatic rings. The van der Waals surface area contributed by atoms with Crippen LogP contribution in [0.1, 0.15) is 277 Å². The normalized spacial score (nSPS) is 19.7. The molecule has 0 aromatic carbocycles. The lowest BCUT2D eigenvalue weighted by atomic mass is 9.99. The van der Waals surface area contributed by atoms with E-state index < -0.39 is 49.5 Å². The van der Waals surface area contributed by atoms with Gasteiger partial charge < -0.3 is 40.3 Å². The second-order valence-electron chi connectivity index (χ2n) is 20.8. The van der Waals surface area contributed by atoms with Crippen LogP contribution in [0.25, 0.3) is 0 Å². The van der Waals surface area contributed by atoms with E-state index in [1.54, 1.807) is 6.08 Å². The first kappa shape index (κ1) is 66.2. The Bertz CT molecular complexity index is 1240. The highest BCUT2D eigenvalue weighted by Gasteiger charge is 2.44. The van der Waals surface area contributed by atoms with Crippen LogP contribution in [0, 0.1) is 0 Å². The van der Waals surface area contributed by atoms with Gasteiger partial charge in [0.1, 0.15) is 24.4 Å². The van der Waals surface area contributed by atoms with Crippen LogP contribution in [0.4, 0.5) is 0 Å². The maximum Gasteiger partial charge on any atom is 0.220 e. The quantitative estimate of drug-likeness (QED) is 0.0261. The summed E-state index contributed by atoms with van der Waals surface area (Å²) < 4.78 is 11.2. The van der Waals surface area contributed by atoms with E-state index in [1.165, 1.54) is 205 Å². The van der Waals surface area contributed by atoms with Crippen molar-refractivity contribution in [2.45, 2.75) is 320 Å². The van der Waals surface area contributed by atoms with Crippen molar-refractivity contribution in [3.63, 3.8) is 0 Å². The van der Waals surface area contributed by atoms with Gasteiger partial charge in [0.05, 0.1) is 25.4 Å². The number of allylic oxidation sites excluding steroid dienone is 7. The zero-order valence-electron chi connectivity index (χ0n) is 45.5. The Kier molecular flexibility index (Phi) is 47.9. The van der Waals surface area contributed by atoms with Gasteiger partial charge in [-0.3, -0.25) is 4.79 Å². The largest absolute Gasteiger partial charge is 0.394 e. The fraction of sp³-hybridized carbons (Fsp3) is 0.852. The second kappa shape index (κ2) is 50.7. The minimum Gasteiger partial charge on any atom is -0.394 e. The van der Waals surface area contributed by atoms with Crippen LogP contribution in [0.2, 0.25) is 0 Å². The monoisotopic (exact) mass is 988 g/mol. The molecule has 1 saturated heterocycles. The van der Waals surface area contributed by atoms with Crippen LogP contribution in [-0.4, -0.2) is 87.5 Å². The summed E-state index contributed by atoms with van der Waals surface area (Å²) in [6.45, 7) is 3.72. The standard InChI is InChI=1S/C61H113NO8/c1-3-5-7-9-11-13-15-17-18-19-20-21-22-23-24-25-26-27-28-29-30-31-32-33-34-35-36-37-38-39-41-43-45-47-49-51-57(65)62-54(53-69-61-60(68)59(67)58(66)56(52-63)70-61)55(64)50-48-46-44-42-40-16-14-12-10-8-6-4-2/h10,12,25-26,40,42,48,50,54-56,58-61,63-64,66-68H,3-9,11,13-24,27-39,41,43-47,49,51-53H2,1-2H3,(H,62,65)/b12-10+,26-25-,42-40+,50-48+. The number of aliphatic hydroxyl groups is 5. The van der Waals surface area contributed by atoms with E-state index in [0.29, 0.717) is 6.42 Å². The Morgan fingerprint density at radius 2 is 0.829 bits per heavy atom. The van der Waals surface area contributed by atoms with E-state index in [4.69, 9.17) is 9.47 Å². The maximum atomic E-state index is 13.0. The number of rotatable bonds is 51. The molecule has 7 unspecified atom stereocenters. The molecule has 0 aromatic rings. The van der Waals surface area contributed by atoms with Gasteiger partial charge in [0.15, 0.2) is 6.29 Å². The fourth-order valence-corrected chi connectivity index (χ4v) is 9.35. The maximum absolute atomic E-state index is 13.0. The molecule has 0 spiro atoms. The Hall–Kier alpha value is -1.85. The van der Waals surface area contributed by atoms with Crippen molar-refractivity contribution in [3.05, 3.63) is 48.6 Å². The number of nitrogens with one attached hydrogen (secondary N) is 1. The van der Waals surface area contributed by atoms with Crippen molar-refractivity contribution in [1.82, 2.24) is 5.32 Å². The van der Waals surface area contributed by atoms with Crippen molar-refractivity contribution in [2.75, 3.05) is 13.2 Å². The number of unbranched alkanes of at least 4 members (excludes halogenated alkanes) is 35. The topological polar surface area (TPSA) is 149 Å². The van der Waals surface area contributed by atoms with Gasteiger partial charge in [0.2, 0.25) is 5.91 Å². The van der Waals surface area contributed by atoms with Crippen molar-refractivity contribution in [3.8, 4) is 0 Å². The van der Waals surface area contributed by atoms with Gasteiger partial charge in [-0.05, 0) is 64.2 Å². The zero-order chi connectivity index (χ0) is 50.8. The molecule has 1 amide bonds. The van der Waals surface area contributed by atoms with Crippen LogP contribution in [-0.2, 0) is 14.3 Å². The molecular formula is C61H113NO8. The molecule has 9 heteroatoms. The minimum absolute atomic E-state index is 0.190. The number of ether oxygens (including phenoxy) is 2. The van der Waals surface area contributed by atoms with E-state index in [1.807, 2.05) is 6.08 Å². The van der Waals surface area contributed by atoms with Crippen LogP contribution in [0.3, 0.4) is 0 Å². The van der Waals surface area contributed by atoms with Crippen molar-refractivity contribution >= 4 is 5.91 Å². The van der Waals surface area contributed by atoms with Crippen molar-refractivity contribution < 1.29 is 39.8 Å². The van der Waals surface area contributed by atoms with Gasteiger partial charge >= 0.3 is 0 Å². The number of hydrogen-bond acceptors (Lipinski definition) is 8. The van der Waals surface area contributed by atoms with Gasteiger partial charge in [-0.2, -0.15) is 0 Å². The summed E-state index contributed by atoms with van der Waals surface area (Å²) in [6.07, 6.45) is 60.8. The third-order valence-corrected chi connectivity index (χ3v) is 14.1. The van der Waals surface area contributed by atoms with E-state index in [-0.39, 0.29) is 12.5 Å². The van der Waals surface area contributed by atoms with Gasteiger partial charge in [0.25, 0.3) is 0 Å². The lowest BCUT2D eigenvalue weighted by Crippen LogP contribution is -2.60. The Morgan fingerprint density at radius 3 is 1.24 bits per heavy atom. The molecule has 0 aromatic heterocycles. The van der Waals surface area contributed by atoms with Crippen molar-refractivity contribution in [1.29, 1.82) is 0 Å². The molecule has 7 atom stereocenters. The first-order chi connectivity index (χ1) is 34.3. The summed E-state index contributed by atoms with van der Waals surface area (Å²) >= 11 is 0. The molecule has 6 N–H and O–H groups in total. The predicted molar refractivity (Wildman–Crippen MR) is 295 cm³/mol. The van der Waals surface area contributed by atoms with Gasteiger partial charge in [-0.25, -0.2) is 0 Å². The molecule has 70 heavy (non-hydrogen) atoms. The summed E-state index contributed by atoms with van der Waals surface area (Å²) in [5.41, 5.74) is 0. The number of carbonyl (C=O) groups excluding carboxylic acids is 1. The number of aliphatic hydroxyl groups excluding tert-OH is 5. The first-order valence-electron chi connectivity index (χ1n) is 29.9. The minimum atomic E-state index is -1.57. The highest BCUT2D eigenvalue weighted by molar-refractivity contribution is 5.76.